The molecule has 7 nitrogen and oxygen atoms in total. The Morgan fingerprint density at radius 2 is 1.93 bits per heavy atom. The molecule has 1 amide bonds. The first-order chi connectivity index (χ1) is 13.8. The van der Waals surface area contributed by atoms with Crippen LogP contribution in [0.5, 0.6) is 5.75 Å². The summed E-state index contributed by atoms with van der Waals surface area (Å²) in [4.78, 5) is 16.4. The molecule has 2 atom stereocenters. The predicted molar refractivity (Wildman–Crippen MR) is 116 cm³/mol. The van der Waals surface area contributed by atoms with E-state index in [0.29, 0.717) is 18.4 Å². The molecular weight excluding hydrogens is 368 g/mol. The molecule has 1 saturated heterocycles. The number of methoxy groups -OCH3 is 1. The van der Waals surface area contributed by atoms with E-state index in [9.17, 15) is 4.79 Å². The van der Waals surface area contributed by atoms with E-state index in [1.54, 1.807) is 14.2 Å². The molecule has 0 aromatic heterocycles. The second kappa shape index (κ2) is 11.0. The van der Waals surface area contributed by atoms with Crippen molar-refractivity contribution in [1.82, 2.24) is 16.0 Å². The smallest absolute Gasteiger partial charge is 0.239 e. The van der Waals surface area contributed by atoms with Crippen molar-refractivity contribution < 1.29 is 14.3 Å². The van der Waals surface area contributed by atoms with Gasteiger partial charge in [-0.3, -0.25) is 9.79 Å². The maximum Gasteiger partial charge on any atom is 0.239 e. The van der Waals surface area contributed by atoms with Gasteiger partial charge in [-0.1, -0.05) is 32.9 Å². The highest BCUT2D eigenvalue weighted by atomic mass is 16.5. The highest BCUT2D eigenvalue weighted by molar-refractivity contribution is 5.86. The standard InChI is InChI=1S/C22H36N4O3/c1-22(2,3)20-17(7-6-12-29-20)14-25-21(23-4)26-15-19(27)24-13-16-8-10-18(28-5)11-9-16/h8-11,17,20H,6-7,12-15H2,1-5H3,(H,24,27)(H2,23,25,26). The molecule has 29 heavy (non-hydrogen) atoms. The first kappa shape index (κ1) is 23.0. The third-order valence-electron chi connectivity index (χ3n) is 5.12. The van der Waals surface area contributed by atoms with Gasteiger partial charge in [-0.15, -0.1) is 0 Å². The summed E-state index contributed by atoms with van der Waals surface area (Å²) in [5, 5.41) is 9.33. The third kappa shape index (κ3) is 7.57. The maximum atomic E-state index is 12.1. The van der Waals surface area contributed by atoms with Gasteiger partial charge in [-0.25, -0.2) is 0 Å². The third-order valence-corrected chi connectivity index (χ3v) is 5.12. The first-order valence-electron chi connectivity index (χ1n) is 10.3. The van der Waals surface area contributed by atoms with Crippen LogP contribution in [0.1, 0.15) is 39.2 Å². The molecule has 1 aromatic rings. The van der Waals surface area contributed by atoms with Gasteiger partial charge in [0.1, 0.15) is 5.75 Å². The normalized spacial score (nSPS) is 20.1. The number of amides is 1. The minimum Gasteiger partial charge on any atom is -0.497 e. The maximum absolute atomic E-state index is 12.1. The second-order valence-electron chi connectivity index (χ2n) is 8.49. The van der Waals surface area contributed by atoms with Crippen molar-refractivity contribution in [3.8, 4) is 5.75 Å². The lowest BCUT2D eigenvalue weighted by molar-refractivity contribution is -0.120. The van der Waals surface area contributed by atoms with Crippen molar-refractivity contribution in [2.75, 3.05) is 33.9 Å². The molecule has 162 valence electrons. The van der Waals surface area contributed by atoms with Crippen LogP contribution in [0.3, 0.4) is 0 Å². The SMILES string of the molecule is CN=C(NCC(=O)NCc1ccc(OC)cc1)NCC1CCCOC1C(C)(C)C. The zero-order chi connectivity index (χ0) is 21.3. The average Bonchev–Trinajstić information content (AvgIpc) is 2.72. The van der Waals surface area contributed by atoms with Crippen LogP contribution in [0.4, 0.5) is 0 Å². The topological polar surface area (TPSA) is 84.0 Å². The van der Waals surface area contributed by atoms with Gasteiger partial charge in [0.25, 0.3) is 0 Å². The summed E-state index contributed by atoms with van der Waals surface area (Å²) in [6.07, 6.45) is 2.43. The van der Waals surface area contributed by atoms with Crippen molar-refractivity contribution in [3.63, 3.8) is 0 Å². The Hall–Kier alpha value is -2.28. The molecule has 0 saturated carbocycles. The largest absolute Gasteiger partial charge is 0.497 e. The molecule has 1 fully saturated rings. The highest BCUT2D eigenvalue weighted by Gasteiger charge is 2.35. The van der Waals surface area contributed by atoms with E-state index in [2.05, 4.69) is 41.7 Å². The van der Waals surface area contributed by atoms with Crippen LogP contribution in [0.2, 0.25) is 0 Å². The van der Waals surface area contributed by atoms with Crippen LogP contribution in [0.15, 0.2) is 29.3 Å². The Morgan fingerprint density at radius 3 is 2.55 bits per heavy atom. The fourth-order valence-corrected chi connectivity index (χ4v) is 3.63. The number of hydrogen-bond acceptors (Lipinski definition) is 4. The van der Waals surface area contributed by atoms with E-state index in [-0.39, 0.29) is 24.0 Å². The van der Waals surface area contributed by atoms with Crippen molar-refractivity contribution in [2.45, 2.75) is 46.3 Å². The van der Waals surface area contributed by atoms with E-state index in [0.717, 1.165) is 37.3 Å². The van der Waals surface area contributed by atoms with Crippen LogP contribution in [-0.2, 0) is 16.1 Å². The van der Waals surface area contributed by atoms with E-state index in [1.165, 1.54) is 0 Å². The lowest BCUT2D eigenvalue weighted by Gasteiger charge is -2.40. The van der Waals surface area contributed by atoms with E-state index in [1.807, 2.05) is 24.3 Å². The minimum atomic E-state index is -0.0858. The number of nitrogens with one attached hydrogen (secondary N) is 3. The summed E-state index contributed by atoms with van der Waals surface area (Å²) in [5.41, 5.74) is 1.12. The molecule has 1 aliphatic rings. The number of guanidine groups is 1. The molecule has 0 bridgehead atoms. The Kier molecular flexibility index (Phi) is 8.76. The summed E-state index contributed by atoms with van der Waals surface area (Å²) in [5.74, 6) is 1.76. The van der Waals surface area contributed by atoms with Gasteiger partial charge >= 0.3 is 0 Å². The number of carbonyl (C=O) groups excluding carboxylic acids is 1. The van der Waals surface area contributed by atoms with Crippen LogP contribution in [-0.4, -0.2) is 51.8 Å². The van der Waals surface area contributed by atoms with E-state index >= 15 is 0 Å². The lowest BCUT2D eigenvalue weighted by Crippen LogP contribution is -2.48. The summed E-state index contributed by atoms with van der Waals surface area (Å²) in [7, 11) is 3.34. The number of benzene rings is 1. The number of rotatable bonds is 7. The molecule has 1 aromatic carbocycles. The monoisotopic (exact) mass is 404 g/mol. The van der Waals surface area contributed by atoms with Crippen molar-refractivity contribution in [2.24, 2.45) is 16.3 Å². The Labute approximate surface area is 174 Å². The van der Waals surface area contributed by atoms with Gasteiger partial charge in [-0.05, 0) is 36.0 Å². The molecule has 2 rings (SSSR count). The molecule has 7 heteroatoms. The Balaban J connectivity index is 1.74. The van der Waals surface area contributed by atoms with E-state index < -0.39 is 0 Å². The van der Waals surface area contributed by atoms with E-state index in [4.69, 9.17) is 9.47 Å². The fraction of sp³-hybridized carbons (Fsp3) is 0.636. The fourth-order valence-electron chi connectivity index (χ4n) is 3.63. The van der Waals surface area contributed by atoms with Gasteiger partial charge in [0.05, 0.1) is 19.8 Å². The number of carbonyl (C=O) groups is 1. The predicted octanol–water partition coefficient (Wildman–Crippen LogP) is 2.32. The average molecular weight is 405 g/mol. The Morgan fingerprint density at radius 1 is 1.21 bits per heavy atom. The summed E-state index contributed by atoms with van der Waals surface area (Å²) < 4.78 is 11.2. The number of ether oxygens (including phenoxy) is 2. The minimum absolute atomic E-state index is 0.0858. The summed E-state index contributed by atoms with van der Waals surface area (Å²) in [6, 6.07) is 7.63. The molecule has 2 unspecified atom stereocenters. The van der Waals surface area contributed by atoms with Gasteiger partial charge in [0.2, 0.25) is 5.91 Å². The van der Waals surface area contributed by atoms with Gasteiger partial charge in [-0.2, -0.15) is 0 Å². The summed E-state index contributed by atoms with van der Waals surface area (Å²) in [6.45, 7) is 8.90. The molecule has 0 spiro atoms. The molecule has 0 aliphatic carbocycles. The molecule has 1 heterocycles. The number of hydrogen-bond donors (Lipinski definition) is 3. The van der Waals surface area contributed by atoms with Crippen LogP contribution < -0.4 is 20.7 Å². The Bertz CT molecular complexity index is 668. The zero-order valence-electron chi connectivity index (χ0n) is 18.4. The van der Waals surface area contributed by atoms with Crippen LogP contribution in [0.25, 0.3) is 0 Å². The first-order valence-corrected chi connectivity index (χ1v) is 10.3. The van der Waals surface area contributed by atoms with Crippen molar-refractivity contribution in [1.29, 1.82) is 0 Å². The molecule has 3 N–H and O–H groups in total. The molecule has 1 aliphatic heterocycles. The van der Waals surface area contributed by atoms with Gasteiger partial charge in [0.15, 0.2) is 5.96 Å². The highest BCUT2D eigenvalue weighted by Crippen LogP contribution is 2.33. The zero-order valence-corrected chi connectivity index (χ0v) is 18.4. The van der Waals surface area contributed by atoms with Crippen molar-refractivity contribution in [3.05, 3.63) is 29.8 Å². The van der Waals surface area contributed by atoms with Crippen molar-refractivity contribution >= 4 is 11.9 Å². The van der Waals surface area contributed by atoms with Gasteiger partial charge in [0, 0.05) is 32.7 Å². The van der Waals surface area contributed by atoms with Crippen LogP contribution >= 0.6 is 0 Å². The molecular formula is C22H36N4O3. The summed E-state index contributed by atoms with van der Waals surface area (Å²) >= 11 is 0. The number of aliphatic imine (C=N–C) groups is 1. The quantitative estimate of drug-likeness (QED) is 0.480. The van der Waals surface area contributed by atoms with Crippen LogP contribution in [0, 0.1) is 11.3 Å². The number of nitrogens with zero attached hydrogens (tertiary/aromatic N) is 1. The molecule has 0 radical (unpaired) electrons. The lowest BCUT2D eigenvalue weighted by atomic mass is 9.78. The second-order valence-corrected chi connectivity index (χ2v) is 8.49. The van der Waals surface area contributed by atoms with Gasteiger partial charge < -0.3 is 25.4 Å².